The van der Waals surface area contributed by atoms with Gasteiger partial charge < -0.3 is 19.6 Å². The van der Waals surface area contributed by atoms with Gasteiger partial charge in [0.25, 0.3) is 5.91 Å². The number of carboxylic acid groups (broad SMARTS) is 1. The van der Waals surface area contributed by atoms with Crippen molar-refractivity contribution in [2.45, 2.75) is 38.6 Å². The van der Waals surface area contributed by atoms with Crippen molar-refractivity contribution in [1.29, 1.82) is 0 Å². The van der Waals surface area contributed by atoms with Gasteiger partial charge in [0.15, 0.2) is 6.61 Å². The summed E-state index contributed by atoms with van der Waals surface area (Å²) in [6.45, 7) is 3.49. The second-order valence-corrected chi connectivity index (χ2v) is 7.62. The molecular formula is C21H28N2O5. The first-order valence-electron chi connectivity index (χ1n) is 9.96. The van der Waals surface area contributed by atoms with E-state index in [0.29, 0.717) is 44.6 Å². The van der Waals surface area contributed by atoms with Crippen LogP contribution in [0, 0.1) is 11.8 Å². The minimum atomic E-state index is -0.830. The molecule has 2 heterocycles. The Hall–Kier alpha value is -2.57. The number of piperidine rings is 2. The molecule has 0 saturated carbocycles. The normalized spacial score (nSPS) is 23.3. The van der Waals surface area contributed by atoms with Crippen LogP contribution in [0.1, 0.15) is 32.6 Å². The van der Waals surface area contributed by atoms with Crippen LogP contribution in [0.4, 0.5) is 0 Å². The van der Waals surface area contributed by atoms with Crippen molar-refractivity contribution in [2.75, 3.05) is 26.2 Å². The topological polar surface area (TPSA) is 87.2 Å². The first-order chi connectivity index (χ1) is 13.5. The fourth-order valence-electron chi connectivity index (χ4n) is 4.15. The van der Waals surface area contributed by atoms with Gasteiger partial charge in [-0.15, -0.1) is 0 Å². The SMILES string of the molecule is C[C@@H]1[C@H](C(=O)O)CCCN1C(=O)C1CCN(C(=O)COc2ccccc2)CC1. The van der Waals surface area contributed by atoms with E-state index in [0.717, 1.165) is 6.42 Å². The van der Waals surface area contributed by atoms with Crippen molar-refractivity contribution in [1.82, 2.24) is 9.80 Å². The number of amides is 2. The third kappa shape index (κ3) is 4.64. The highest BCUT2D eigenvalue weighted by atomic mass is 16.5. The molecule has 0 aromatic heterocycles. The minimum absolute atomic E-state index is 0.00786. The number of hydrogen-bond donors (Lipinski definition) is 1. The van der Waals surface area contributed by atoms with Gasteiger partial charge in [0.2, 0.25) is 5.91 Å². The molecule has 0 aliphatic carbocycles. The number of hydrogen-bond acceptors (Lipinski definition) is 4. The Morgan fingerprint density at radius 2 is 1.75 bits per heavy atom. The Bertz CT molecular complexity index is 700. The molecule has 28 heavy (non-hydrogen) atoms. The molecule has 0 spiro atoms. The molecule has 2 fully saturated rings. The largest absolute Gasteiger partial charge is 0.484 e. The van der Waals surface area contributed by atoms with E-state index < -0.39 is 11.9 Å². The lowest BCUT2D eigenvalue weighted by molar-refractivity contribution is -0.152. The van der Waals surface area contributed by atoms with Crippen LogP contribution in [-0.2, 0) is 14.4 Å². The van der Waals surface area contributed by atoms with E-state index in [2.05, 4.69) is 0 Å². The van der Waals surface area contributed by atoms with Crippen LogP contribution in [0.5, 0.6) is 5.75 Å². The van der Waals surface area contributed by atoms with E-state index in [9.17, 15) is 19.5 Å². The highest BCUT2D eigenvalue weighted by molar-refractivity contribution is 5.82. The molecule has 0 unspecified atom stereocenters. The Kier molecular flexibility index (Phi) is 6.54. The number of rotatable bonds is 5. The summed E-state index contributed by atoms with van der Waals surface area (Å²) in [5, 5.41) is 9.35. The van der Waals surface area contributed by atoms with Crippen molar-refractivity contribution in [3.8, 4) is 5.75 Å². The highest BCUT2D eigenvalue weighted by Crippen LogP contribution is 2.28. The minimum Gasteiger partial charge on any atom is -0.484 e. The quantitative estimate of drug-likeness (QED) is 0.834. The summed E-state index contributed by atoms with van der Waals surface area (Å²) in [6.07, 6.45) is 2.56. The zero-order valence-electron chi connectivity index (χ0n) is 16.3. The van der Waals surface area contributed by atoms with E-state index in [-0.39, 0.29) is 30.4 Å². The lowest BCUT2D eigenvalue weighted by Crippen LogP contribution is -2.52. The molecule has 2 atom stereocenters. The molecule has 2 amide bonds. The standard InChI is InChI=1S/C21H28N2O5/c1-15-18(21(26)27)8-5-11-23(15)20(25)16-9-12-22(13-10-16)19(24)14-28-17-6-3-2-4-7-17/h2-4,6-7,15-16,18H,5,8-14H2,1H3,(H,26,27)/t15-,18-/m1/s1. The lowest BCUT2D eigenvalue weighted by Gasteiger charge is -2.41. The Morgan fingerprint density at radius 3 is 2.39 bits per heavy atom. The average Bonchev–Trinajstić information content (AvgIpc) is 2.72. The number of carbonyl (C=O) groups excluding carboxylic acids is 2. The van der Waals surface area contributed by atoms with Gasteiger partial charge >= 0.3 is 5.97 Å². The summed E-state index contributed by atoms with van der Waals surface area (Å²) < 4.78 is 5.52. The number of benzene rings is 1. The predicted octanol–water partition coefficient (Wildman–Crippen LogP) is 2.02. The van der Waals surface area contributed by atoms with Gasteiger partial charge in [-0.25, -0.2) is 0 Å². The Labute approximate surface area is 165 Å². The monoisotopic (exact) mass is 388 g/mol. The maximum absolute atomic E-state index is 12.9. The van der Waals surface area contributed by atoms with E-state index in [1.54, 1.807) is 9.80 Å². The number of carboxylic acids is 1. The van der Waals surface area contributed by atoms with Crippen molar-refractivity contribution >= 4 is 17.8 Å². The molecule has 1 N–H and O–H groups in total. The van der Waals surface area contributed by atoms with Crippen molar-refractivity contribution in [3.05, 3.63) is 30.3 Å². The predicted molar refractivity (Wildman–Crippen MR) is 103 cm³/mol. The van der Waals surface area contributed by atoms with Crippen LogP contribution in [0.25, 0.3) is 0 Å². The molecule has 152 valence electrons. The van der Waals surface area contributed by atoms with Gasteiger partial charge in [0.1, 0.15) is 5.75 Å². The third-order valence-corrected chi connectivity index (χ3v) is 5.89. The van der Waals surface area contributed by atoms with E-state index in [4.69, 9.17) is 4.74 Å². The fourth-order valence-corrected chi connectivity index (χ4v) is 4.15. The van der Waals surface area contributed by atoms with Crippen LogP contribution < -0.4 is 4.74 Å². The van der Waals surface area contributed by atoms with Crippen LogP contribution in [0.15, 0.2) is 30.3 Å². The summed E-state index contributed by atoms with van der Waals surface area (Å²) in [7, 11) is 0. The Balaban J connectivity index is 1.48. The Morgan fingerprint density at radius 1 is 1.07 bits per heavy atom. The van der Waals surface area contributed by atoms with E-state index >= 15 is 0 Å². The van der Waals surface area contributed by atoms with E-state index in [1.807, 2.05) is 37.3 Å². The van der Waals surface area contributed by atoms with Gasteiger partial charge in [0, 0.05) is 31.6 Å². The van der Waals surface area contributed by atoms with Gasteiger partial charge in [-0.1, -0.05) is 18.2 Å². The van der Waals surface area contributed by atoms with Crippen LogP contribution in [0.3, 0.4) is 0 Å². The first-order valence-corrected chi connectivity index (χ1v) is 9.96. The molecule has 0 bridgehead atoms. The summed E-state index contributed by atoms with van der Waals surface area (Å²) in [4.78, 5) is 40.2. The number of ether oxygens (including phenoxy) is 1. The van der Waals surface area contributed by atoms with E-state index in [1.165, 1.54) is 0 Å². The average molecular weight is 388 g/mol. The maximum Gasteiger partial charge on any atom is 0.308 e. The second-order valence-electron chi connectivity index (χ2n) is 7.62. The van der Waals surface area contributed by atoms with Gasteiger partial charge in [-0.2, -0.15) is 0 Å². The smallest absolute Gasteiger partial charge is 0.308 e. The molecule has 0 radical (unpaired) electrons. The molecule has 7 nitrogen and oxygen atoms in total. The summed E-state index contributed by atoms with van der Waals surface area (Å²) in [5.74, 6) is -0.849. The third-order valence-electron chi connectivity index (χ3n) is 5.89. The van der Waals surface area contributed by atoms with Gasteiger partial charge in [-0.3, -0.25) is 14.4 Å². The molecule has 2 saturated heterocycles. The first kappa shape index (κ1) is 20.2. The molecule has 3 rings (SSSR count). The summed E-state index contributed by atoms with van der Waals surface area (Å²) in [5.41, 5.74) is 0. The summed E-state index contributed by atoms with van der Waals surface area (Å²) >= 11 is 0. The second kappa shape index (κ2) is 9.08. The maximum atomic E-state index is 12.9. The molecule has 2 aliphatic heterocycles. The van der Waals surface area contributed by atoms with Crippen molar-refractivity contribution in [2.24, 2.45) is 11.8 Å². The summed E-state index contributed by atoms with van der Waals surface area (Å²) in [6, 6.07) is 8.93. The molecule has 1 aromatic rings. The van der Waals surface area contributed by atoms with Crippen LogP contribution in [0.2, 0.25) is 0 Å². The number of para-hydroxylation sites is 1. The highest BCUT2D eigenvalue weighted by Gasteiger charge is 2.38. The fraction of sp³-hybridized carbons (Fsp3) is 0.571. The van der Waals surface area contributed by atoms with Gasteiger partial charge in [0.05, 0.1) is 5.92 Å². The number of nitrogens with zero attached hydrogens (tertiary/aromatic N) is 2. The van der Waals surface area contributed by atoms with Crippen LogP contribution in [-0.4, -0.2) is 65.0 Å². The van der Waals surface area contributed by atoms with Gasteiger partial charge in [-0.05, 0) is 44.7 Å². The number of likely N-dealkylation sites (tertiary alicyclic amines) is 2. The lowest BCUT2D eigenvalue weighted by atomic mass is 9.87. The molecule has 1 aromatic carbocycles. The number of aliphatic carboxylic acids is 1. The van der Waals surface area contributed by atoms with Crippen molar-refractivity contribution in [3.63, 3.8) is 0 Å². The zero-order chi connectivity index (χ0) is 20.1. The number of carbonyl (C=O) groups is 3. The molecular weight excluding hydrogens is 360 g/mol. The van der Waals surface area contributed by atoms with Crippen molar-refractivity contribution < 1.29 is 24.2 Å². The van der Waals surface area contributed by atoms with Crippen LogP contribution >= 0.6 is 0 Å². The molecule has 2 aliphatic rings. The zero-order valence-corrected chi connectivity index (χ0v) is 16.3. The molecule has 7 heteroatoms.